The second kappa shape index (κ2) is 9.94. The zero-order chi connectivity index (χ0) is 20.8. The van der Waals surface area contributed by atoms with Gasteiger partial charge in [0.1, 0.15) is 0 Å². The summed E-state index contributed by atoms with van der Waals surface area (Å²) < 4.78 is 18.8. The normalized spacial score (nSPS) is 15.2. The Balaban J connectivity index is 1.45. The predicted molar refractivity (Wildman–Crippen MR) is 113 cm³/mol. The number of nitrogens with zero attached hydrogens (tertiary/aromatic N) is 2. The van der Waals surface area contributed by atoms with Gasteiger partial charge >= 0.3 is 6.03 Å². The van der Waals surface area contributed by atoms with Gasteiger partial charge in [0, 0.05) is 44.3 Å². The molecule has 0 bridgehead atoms. The van der Waals surface area contributed by atoms with E-state index in [0.717, 1.165) is 37.1 Å². The molecule has 1 aliphatic rings. The zero-order valence-electron chi connectivity index (χ0n) is 16.8. The van der Waals surface area contributed by atoms with Crippen molar-refractivity contribution in [3.05, 3.63) is 64.4 Å². The van der Waals surface area contributed by atoms with Gasteiger partial charge in [0.05, 0.1) is 7.11 Å². The third-order valence-corrected chi connectivity index (χ3v) is 5.62. The number of amides is 2. The van der Waals surface area contributed by atoms with Gasteiger partial charge in [-0.3, -0.25) is 4.90 Å². The summed E-state index contributed by atoms with van der Waals surface area (Å²) in [5.41, 5.74) is 1.85. The van der Waals surface area contributed by atoms with E-state index >= 15 is 0 Å². The molecule has 0 spiro atoms. The fourth-order valence-corrected chi connectivity index (χ4v) is 3.74. The number of piperidine rings is 1. The highest BCUT2D eigenvalue weighted by molar-refractivity contribution is 6.31. The lowest BCUT2D eigenvalue weighted by atomic mass is 10.0. The predicted octanol–water partition coefficient (Wildman–Crippen LogP) is 4.29. The Morgan fingerprint density at radius 1 is 1.28 bits per heavy atom. The topological polar surface area (TPSA) is 44.8 Å². The van der Waals surface area contributed by atoms with E-state index in [2.05, 4.69) is 10.2 Å². The number of hydrogen-bond acceptors (Lipinski definition) is 3. The van der Waals surface area contributed by atoms with Gasteiger partial charge < -0.3 is 15.0 Å². The van der Waals surface area contributed by atoms with Gasteiger partial charge in [-0.25, -0.2) is 9.18 Å². The summed E-state index contributed by atoms with van der Waals surface area (Å²) in [7, 11) is 3.23. The molecule has 2 amide bonds. The van der Waals surface area contributed by atoms with Crippen molar-refractivity contribution in [1.29, 1.82) is 0 Å². The monoisotopic (exact) mass is 419 g/mol. The minimum atomic E-state index is -0.339. The van der Waals surface area contributed by atoms with Crippen molar-refractivity contribution in [3.8, 4) is 5.75 Å². The number of carbonyl (C=O) groups excluding carboxylic acids is 1. The molecule has 1 heterocycles. The summed E-state index contributed by atoms with van der Waals surface area (Å²) in [5, 5.41) is 3.77. The van der Waals surface area contributed by atoms with Crippen LogP contribution in [0.1, 0.15) is 24.0 Å². The van der Waals surface area contributed by atoms with Crippen LogP contribution in [0.25, 0.3) is 0 Å². The lowest BCUT2D eigenvalue weighted by Crippen LogP contribution is -2.48. The summed E-state index contributed by atoms with van der Waals surface area (Å²) in [6, 6.07) is 12.7. The summed E-state index contributed by atoms with van der Waals surface area (Å²) in [5.74, 6) is -0.0789. The van der Waals surface area contributed by atoms with Crippen molar-refractivity contribution in [1.82, 2.24) is 15.1 Å². The number of carbonyl (C=O) groups is 1. The van der Waals surface area contributed by atoms with E-state index in [-0.39, 0.29) is 23.6 Å². The van der Waals surface area contributed by atoms with Gasteiger partial charge in [0.2, 0.25) is 0 Å². The molecule has 156 valence electrons. The van der Waals surface area contributed by atoms with E-state index in [4.69, 9.17) is 16.3 Å². The molecule has 1 saturated heterocycles. The van der Waals surface area contributed by atoms with Gasteiger partial charge in [-0.15, -0.1) is 0 Å². The Hall–Kier alpha value is -2.31. The molecular formula is C22H27ClFN3O2. The van der Waals surface area contributed by atoms with Crippen molar-refractivity contribution in [2.75, 3.05) is 27.2 Å². The van der Waals surface area contributed by atoms with Gasteiger partial charge in [-0.1, -0.05) is 35.9 Å². The number of rotatable bonds is 6. The lowest BCUT2D eigenvalue weighted by molar-refractivity contribution is 0.173. The Morgan fingerprint density at radius 2 is 2.00 bits per heavy atom. The fourth-order valence-electron chi connectivity index (χ4n) is 3.54. The standard InChI is InChI=1S/C22H27ClFN3O2/c1-26(15-17-5-3-4-6-19(17)23)22(28)25-18-9-11-27(12-10-18)14-16-7-8-21(29-2)20(24)13-16/h3-8,13,18H,9-12,14-15H2,1-2H3,(H,25,28). The molecule has 0 aromatic heterocycles. The quantitative estimate of drug-likeness (QED) is 0.759. The number of nitrogens with one attached hydrogen (secondary N) is 1. The maximum Gasteiger partial charge on any atom is 0.317 e. The van der Waals surface area contributed by atoms with Crippen molar-refractivity contribution in [2.45, 2.75) is 32.0 Å². The van der Waals surface area contributed by atoms with E-state index in [1.807, 2.05) is 30.3 Å². The van der Waals surface area contributed by atoms with E-state index in [1.165, 1.54) is 13.2 Å². The highest BCUT2D eigenvalue weighted by atomic mass is 35.5. The summed E-state index contributed by atoms with van der Waals surface area (Å²) in [6.45, 7) is 2.86. The molecule has 3 rings (SSSR count). The molecule has 0 atom stereocenters. The van der Waals surface area contributed by atoms with Gasteiger partial charge in [0.15, 0.2) is 11.6 Å². The molecule has 2 aromatic rings. The van der Waals surface area contributed by atoms with Crippen LogP contribution in [0, 0.1) is 5.82 Å². The first-order valence-corrected chi connectivity index (χ1v) is 10.1. The minimum absolute atomic E-state index is 0.0967. The molecule has 1 aliphatic heterocycles. The number of benzene rings is 2. The third kappa shape index (κ3) is 5.84. The first kappa shape index (κ1) is 21.4. The van der Waals surface area contributed by atoms with E-state index < -0.39 is 0 Å². The highest BCUT2D eigenvalue weighted by Crippen LogP contribution is 2.21. The smallest absolute Gasteiger partial charge is 0.317 e. The Labute approximate surface area is 176 Å². The molecule has 0 unspecified atom stereocenters. The lowest BCUT2D eigenvalue weighted by Gasteiger charge is -2.33. The average Bonchev–Trinajstić information content (AvgIpc) is 2.71. The van der Waals surface area contributed by atoms with E-state index in [1.54, 1.807) is 18.0 Å². The van der Waals surface area contributed by atoms with Crippen LogP contribution in [0.3, 0.4) is 0 Å². The average molecular weight is 420 g/mol. The van der Waals surface area contributed by atoms with Gasteiger partial charge in [-0.2, -0.15) is 0 Å². The van der Waals surface area contributed by atoms with Crippen LogP contribution in [0.15, 0.2) is 42.5 Å². The summed E-state index contributed by atoms with van der Waals surface area (Å²) >= 11 is 6.18. The molecule has 0 radical (unpaired) electrons. The van der Waals surface area contributed by atoms with Crippen LogP contribution in [0.4, 0.5) is 9.18 Å². The molecule has 7 heteroatoms. The Bertz CT molecular complexity index is 841. The number of methoxy groups -OCH3 is 1. The van der Waals surface area contributed by atoms with Crippen LogP contribution in [0.2, 0.25) is 5.02 Å². The Morgan fingerprint density at radius 3 is 2.66 bits per heavy atom. The van der Waals surface area contributed by atoms with E-state index in [0.29, 0.717) is 18.1 Å². The zero-order valence-corrected chi connectivity index (χ0v) is 17.6. The largest absolute Gasteiger partial charge is 0.494 e. The highest BCUT2D eigenvalue weighted by Gasteiger charge is 2.22. The second-order valence-corrected chi connectivity index (χ2v) is 7.82. The van der Waals surface area contributed by atoms with Gasteiger partial charge in [0.25, 0.3) is 0 Å². The number of ether oxygens (including phenoxy) is 1. The number of likely N-dealkylation sites (tertiary alicyclic amines) is 1. The van der Waals surface area contributed by atoms with Crippen molar-refractivity contribution < 1.29 is 13.9 Å². The van der Waals surface area contributed by atoms with Crippen LogP contribution >= 0.6 is 11.6 Å². The van der Waals surface area contributed by atoms with Crippen LogP contribution in [-0.4, -0.2) is 49.1 Å². The van der Waals surface area contributed by atoms with Crippen LogP contribution < -0.4 is 10.1 Å². The molecule has 0 aliphatic carbocycles. The van der Waals surface area contributed by atoms with Crippen molar-refractivity contribution in [3.63, 3.8) is 0 Å². The Kier molecular flexibility index (Phi) is 7.34. The fraction of sp³-hybridized carbons (Fsp3) is 0.409. The second-order valence-electron chi connectivity index (χ2n) is 7.42. The van der Waals surface area contributed by atoms with Crippen molar-refractivity contribution in [2.24, 2.45) is 0 Å². The first-order valence-electron chi connectivity index (χ1n) is 9.76. The number of hydrogen-bond donors (Lipinski definition) is 1. The van der Waals surface area contributed by atoms with Crippen molar-refractivity contribution >= 4 is 17.6 Å². The molecular weight excluding hydrogens is 393 g/mol. The molecule has 5 nitrogen and oxygen atoms in total. The summed E-state index contributed by atoms with van der Waals surface area (Å²) in [6.07, 6.45) is 1.73. The number of halogens is 2. The third-order valence-electron chi connectivity index (χ3n) is 5.25. The van der Waals surface area contributed by atoms with E-state index in [9.17, 15) is 9.18 Å². The first-order chi connectivity index (χ1) is 14.0. The molecule has 1 fully saturated rings. The minimum Gasteiger partial charge on any atom is -0.494 e. The maximum absolute atomic E-state index is 13.9. The molecule has 0 saturated carbocycles. The van der Waals surface area contributed by atoms with Crippen LogP contribution in [0.5, 0.6) is 5.75 Å². The molecule has 2 aromatic carbocycles. The maximum atomic E-state index is 13.9. The molecule has 29 heavy (non-hydrogen) atoms. The molecule has 1 N–H and O–H groups in total. The summed E-state index contributed by atoms with van der Waals surface area (Å²) in [4.78, 5) is 16.4. The SMILES string of the molecule is COc1ccc(CN2CCC(NC(=O)N(C)Cc3ccccc3Cl)CC2)cc1F. The number of urea groups is 1. The van der Waals surface area contributed by atoms with Gasteiger partial charge in [-0.05, 0) is 42.2 Å². The van der Waals surface area contributed by atoms with Crippen LogP contribution in [-0.2, 0) is 13.1 Å².